The van der Waals surface area contributed by atoms with Gasteiger partial charge in [-0.25, -0.2) is 9.78 Å². The third kappa shape index (κ3) is 58.0. The first kappa shape index (κ1) is 72.3. The van der Waals surface area contributed by atoms with Crippen molar-refractivity contribution in [2.45, 2.75) is 38.5 Å². The number of benzene rings is 1. The second kappa shape index (κ2) is 62.1. The molecule has 0 fully saturated rings. The average molecular weight is 1100 g/mol. The van der Waals surface area contributed by atoms with Crippen molar-refractivity contribution >= 4 is 10.1 Å². The lowest BCUT2D eigenvalue weighted by Gasteiger charge is -2.09. The molecule has 0 aliphatic heterocycles. The first-order valence-corrected chi connectivity index (χ1v) is 27.2. The van der Waals surface area contributed by atoms with E-state index in [0.717, 1.165) is 31.6 Å². The highest BCUT2D eigenvalue weighted by atomic mass is 32.2. The number of rotatable bonds is 61. The minimum absolute atomic E-state index is 0.0303. The standard InChI is InChI=1S/C28H50O13S.C21H44O11/c1-3-8-31-9-10-32-11-12-33-13-14-34-15-16-35-17-18-36-19-20-37-21-22-38-23-24-39-25-26-40-41-42(29,30)28-6-4-27(2)5-7-28;1-2-3-23-4-5-24-6-7-25-8-9-26-10-11-27-12-13-28-14-15-29-16-17-30-18-19-31-20-21-32-22/h4-7H,3,8-26H2,1-2H3;22H,2-21H2,1H3. The summed E-state index contributed by atoms with van der Waals surface area (Å²) in [6.45, 7) is 24.5. The Labute approximate surface area is 441 Å². The summed E-state index contributed by atoms with van der Waals surface area (Å²) in [7, 11) is -3.95. The van der Waals surface area contributed by atoms with Crippen LogP contribution in [0.2, 0.25) is 0 Å². The first-order chi connectivity index (χ1) is 36.5. The van der Waals surface area contributed by atoms with Crippen LogP contribution < -0.4 is 0 Å². The van der Waals surface area contributed by atoms with E-state index >= 15 is 0 Å². The van der Waals surface area contributed by atoms with Gasteiger partial charge >= 0.3 is 10.1 Å². The monoisotopic (exact) mass is 1100 g/mol. The number of aryl methyl sites for hydroxylation is 1. The van der Waals surface area contributed by atoms with E-state index in [1.165, 1.54) is 12.1 Å². The van der Waals surface area contributed by atoms with E-state index in [1.54, 1.807) is 12.1 Å². The van der Waals surface area contributed by atoms with Crippen molar-refractivity contribution in [2.75, 3.05) is 251 Å². The van der Waals surface area contributed by atoms with E-state index in [2.05, 4.69) is 23.1 Å². The Morgan fingerprint density at radius 2 is 0.486 bits per heavy atom. The molecule has 1 N–H and O–H groups in total. The van der Waals surface area contributed by atoms with Crippen LogP contribution in [-0.2, 0) is 109 Å². The van der Waals surface area contributed by atoms with Gasteiger partial charge in [-0.05, 0) is 31.9 Å². The zero-order chi connectivity index (χ0) is 53.6. The molecule has 0 aromatic heterocycles. The number of hydrogen-bond donors (Lipinski definition) is 1. The Kier molecular flexibility index (Phi) is 60.7. The summed E-state index contributed by atoms with van der Waals surface area (Å²) in [4.78, 5) is 8.64. The maximum Gasteiger partial charge on any atom is 0.323 e. The molecular weight excluding hydrogens is 1000 g/mol. The predicted molar refractivity (Wildman–Crippen MR) is 269 cm³/mol. The van der Waals surface area contributed by atoms with Crippen molar-refractivity contribution in [3.63, 3.8) is 0 Å². The molecule has 0 atom stereocenters. The molecule has 0 spiro atoms. The Morgan fingerprint density at radius 1 is 0.297 bits per heavy atom. The molecule has 1 rings (SSSR count). The van der Waals surface area contributed by atoms with Crippen LogP contribution in [0.25, 0.3) is 0 Å². The van der Waals surface area contributed by atoms with Gasteiger partial charge in [0.05, 0.1) is 230 Å². The molecule has 24 nitrogen and oxygen atoms in total. The second-order valence-corrected chi connectivity index (χ2v) is 16.5. The van der Waals surface area contributed by atoms with Gasteiger partial charge in [-0.3, -0.25) is 5.26 Å². The summed E-state index contributed by atoms with van der Waals surface area (Å²) >= 11 is 0. The molecule has 0 heterocycles. The van der Waals surface area contributed by atoms with E-state index in [4.69, 9.17) is 95.4 Å². The van der Waals surface area contributed by atoms with Gasteiger partial charge in [-0.2, -0.15) is 8.42 Å². The average Bonchev–Trinajstić information content (AvgIpc) is 3.40. The van der Waals surface area contributed by atoms with E-state index in [0.29, 0.717) is 218 Å². The zero-order valence-electron chi connectivity index (χ0n) is 44.8. The maximum atomic E-state index is 12.0. The lowest BCUT2D eigenvalue weighted by atomic mass is 10.2. The minimum atomic E-state index is -3.95. The summed E-state index contributed by atoms with van der Waals surface area (Å²) in [6.07, 6.45) is 2.04. The molecule has 74 heavy (non-hydrogen) atoms. The molecule has 0 radical (unpaired) electrons. The van der Waals surface area contributed by atoms with E-state index < -0.39 is 10.1 Å². The molecule has 0 unspecified atom stereocenters. The van der Waals surface area contributed by atoms with E-state index in [1.807, 2.05) is 6.92 Å². The molecule has 0 aliphatic carbocycles. The van der Waals surface area contributed by atoms with Crippen LogP contribution in [0.15, 0.2) is 29.2 Å². The Morgan fingerprint density at radius 3 is 0.689 bits per heavy atom. The molecule has 1 aromatic rings. The smallest absolute Gasteiger partial charge is 0.323 e. The maximum absolute atomic E-state index is 12.0. The number of hydrogen-bond acceptors (Lipinski definition) is 24. The van der Waals surface area contributed by atoms with Gasteiger partial charge in [0.1, 0.15) is 13.2 Å². The second-order valence-electron chi connectivity index (χ2n) is 15.0. The topological polar surface area (TPSA) is 248 Å². The molecule has 0 amide bonds. The SMILES string of the molecule is CCCOCCOCCOCCOCCOCCOCCOCCOCCOCCOO.CCCOCCOCCOCCOCCOCCOCCOCCOCCOCCOOS(=O)(=O)c1ccc(C)cc1. The Balaban J connectivity index is 0.00000150. The molecule has 0 saturated carbocycles. The molecular formula is C49H94O24S. The Bertz CT molecular complexity index is 1280. The van der Waals surface area contributed by atoms with Crippen molar-refractivity contribution in [1.82, 2.24) is 0 Å². The summed E-state index contributed by atoms with van der Waals surface area (Å²) in [6, 6.07) is 6.28. The van der Waals surface area contributed by atoms with Crippen LogP contribution >= 0.6 is 0 Å². The third-order valence-electron chi connectivity index (χ3n) is 8.73. The summed E-state index contributed by atoms with van der Waals surface area (Å²) in [5.74, 6) is 0. The molecule has 440 valence electrons. The van der Waals surface area contributed by atoms with Gasteiger partial charge in [0.25, 0.3) is 0 Å². The molecule has 0 aliphatic rings. The van der Waals surface area contributed by atoms with Crippen LogP contribution in [0.4, 0.5) is 0 Å². The molecule has 0 saturated heterocycles. The molecule has 1 aromatic carbocycles. The van der Waals surface area contributed by atoms with Crippen LogP contribution in [0.5, 0.6) is 0 Å². The van der Waals surface area contributed by atoms with Crippen LogP contribution in [0.3, 0.4) is 0 Å². The van der Waals surface area contributed by atoms with Crippen LogP contribution in [-0.4, -0.2) is 265 Å². The lowest BCUT2D eigenvalue weighted by Crippen LogP contribution is -2.15. The van der Waals surface area contributed by atoms with Crippen LogP contribution in [0, 0.1) is 6.92 Å². The van der Waals surface area contributed by atoms with E-state index in [9.17, 15) is 8.42 Å². The zero-order valence-corrected chi connectivity index (χ0v) is 45.7. The lowest BCUT2D eigenvalue weighted by molar-refractivity contribution is -0.249. The third-order valence-corrected chi connectivity index (χ3v) is 9.85. The highest BCUT2D eigenvalue weighted by Gasteiger charge is 2.16. The van der Waals surface area contributed by atoms with Gasteiger partial charge in [-0.1, -0.05) is 31.5 Å². The fourth-order valence-corrected chi connectivity index (χ4v) is 5.78. The quantitative estimate of drug-likeness (QED) is 0.0559. The summed E-state index contributed by atoms with van der Waals surface area (Å²) in [5.41, 5.74) is 0.946. The van der Waals surface area contributed by atoms with Gasteiger partial charge in [0.2, 0.25) is 0 Å². The summed E-state index contributed by atoms with van der Waals surface area (Å²) < 4.78 is 125. The van der Waals surface area contributed by atoms with Crippen LogP contribution in [0.1, 0.15) is 32.3 Å². The molecule has 0 bridgehead atoms. The van der Waals surface area contributed by atoms with Crippen molar-refractivity contribution in [1.29, 1.82) is 0 Å². The van der Waals surface area contributed by atoms with Crippen molar-refractivity contribution in [3.8, 4) is 0 Å². The predicted octanol–water partition coefficient (Wildman–Crippen LogP) is 3.23. The highest BCUT2D eigenvalue weighted by Crippen LogP contribution is 2.13. The molecule has 25 heteroatoms. The fraction of sp³-hybridized carbons (Fsp3) is 0.878. The van der Waals surface area contributed by atoms with Gasteiger partial charge < -0.3 is 85.3 Å². The van der Waals surface area contributed by atoms with Gasteiger partial charge in [0.15, 0.2) is 0 Å². The normalized spacial score (nSPS) is 11.7. The van der Waals surface area contributed by atoms with Gasteiger partial charge in [0, 0.05) is 13.2 Å². The summed E-state index contributed by atoms with van der Waals surface area (Å²) in [5, 5.41) is 8.10. The Hall–Kier alpha value is -1.71. The first-order valence-electron chi connectivity index (χ1n) is 25.8. The fourth-order valence-electron chi connectivity index (χ4n) is 5.04. The van der Waals surface area contributed by atoms with Crippen molar-refractivity contribution in [2.24, 2.45) is 0 Å². The largest absolute Gasteiger partial charge is 0.379 e. The van der Waals surface area contributed by atoms with Crippen molar-refractivity contribution < 1.29 is 113 Å². The highest BCUT2D eigenvalue weighted by molar-refractivity contribution is 7.86. The minimum Gasteiger partial charge on any atom is -0.379 e. The van der Waals surface area contributed by atoms with Gasteiger partial charge in [-0.15, -0.1) is 4.33 Å². The van der Waals surface area contributed by atoms with Crippen molar-refractivity contribution in [3.05, 3.63) is 29.8 Å². The number of ether oxygens (including phenoxy) is 18. The van der Waals surface area contributed by atoms with E-state index in [-0.39, 0.29) is 24.7 Å².